The van der Waals surface area contributed by atoms with Crippen LogP contribution in [0.25, 0.3) is 35.5 Å². The Labute approximate surface area is 378 Å². The van der Waals surface area contributed by atoms with Gasteiger partial charge < -0.3 is 0 Å². The van der Waals surface area contributed by atoms with E-state index >= 15 is 0 Å². The van der Waals surface area contributed by atoms with E-state index in [2.05, 4.69) is 264 Å². The van der Waals surface area contributed by atoms with Gasteiger partial charge in [0, 0.05) is 11.8 Å². The van der Waals surface area contributed by atoms with E-state index in [1.807, 2.05) is 26.0 Å². The Hall–Kier alpha value is -7.28. The van der Waals surface area contributed by atoms with Crippen LogP contribution >= 0.6 is 0 Å². The molecule has 0 saturated heterocycles. The summed E-state index contributed by atoms with van der Waals surface area (Å²) in [6, 6.07) is 21.5. The molecular formula is C63H62. The molecule has 0 heterocycles. The first-order valence-corrected chi connectivity index (χ1v) is 22.3. The highest BCUT2D eigenvalue weighted by molar-refractivity contribution is 5.95. The summed E-state index contributed by atoms with van der Waals surface area (Å²) >= 11 is 0. The Morgan fingerprint density at radius 1 is 0.683 bits per heavy atom. The van der Waals surface area contributed by atoms with E-state index in [1.165, 1.54) is 11.1 Å². The Bertz CT molecular complexity index is 2690. The molecule has 4 aliphatic carbocycles. The normalized spacial score (nSPS) is 22.4. The zero-order valence-corrected chi connectivity index (χ0v) is 37.5. The smallest absolute Gasteiger partial charge is 0.0249 e. The summed E-state index contributed by atoms with van der Waals surface area (Å²) in [5, 5.41) is 2.15. The van der Waals surface area contributed by atoms with Crippen LogP contribution in [0, 0.1) is 11.8 Å². The molecule has 0 saturated carbocycles. The van der Waals surface area contributed by atoms with Crippen LogP contribution in [-0.4, -0.2) is 0 Å². The molecule has 0 nitrogen and oxygen atoms in total. The average molecular weight is 819 g/mol. The minimum atomic E-state index is 0.184. The third kappa shape index (κ3) is 13.9. The fourth-order valence-electron chi connectivity index (χ4n) is 7.51. The molecule has 0 amide bonds. The molecule has 0 N–H and O–H groups in total. The maximum absolute atomic E-state index is 4.56. The number of hydrogen-bond acceptors (Lipinski definition) is 0. The molecule has 2 unspecified atom stereocenters. The lowest BCUT2D eigenvalue weighted by atomic mass is 9.85. The lowest BCUT2D eigenvalue weighted by Crippen LogP contribution is -2.28. The van der Waals surface area contributed by atoms with Crippen molar-refractivity contribution >= 4 is 35.5 Å². The summed E-state index contributed by atoms with van der Waals surface area (Å²) < 4.78 is 0. The molecule has 2 aromatic rings. The Balaban J connectivity index is 0.00000369. The van der Waals surface area contributed by atoms with Crippen LogP contribution in [0.2, 0.25) is 0 Å². The lowest BCUT2D eigenvalue weighted by molar-refractivity contribution is 0.816. The van der Waals surface area contributed by atoms with Crippen molar-refractivity contribution in [2.75, 3.05) is 0 Å². The molecule has 4 aliphatic rings. The lowest BCUT2D eigenvalue weighted by Gasteiger charge is -2.19. The Morgan fingerprint density at radius 2 is 1.40 bits per heavy atom. The maximum atomic E-state index is 4.56. The van der Waals surface area contributed by atoms with Crippen LogP contribution < -0.4 is 10.4 Å². The molecule has 63 heavy (non-hydrogen) atoms. The van der Waals surface area contributed by atoms with Gasteiger partial charge in [-0.1, -0.05) is 271 Å². The van der Waals surface area contributed by atoms with Gasteiger partial charge in [0.2, 0.25) is 0 Å². The highest BCUT2D eigenvalue weighted by Gasteiger charge is 2.26. The van der Waals surface area contributed by atoms with E-state index < -0.39 is 0 Å². The second-order valence-corrected chi connectivity index (χ2v) is 14.8. The maximum Gasteiger partial charge on any atom is 0.0249 e. The minimum Gasteiger partial charge on any atom is -0.0991 e. The standard InChI is InChI=1S/C61H56.C2H6/c1-5-8-11-19-30-48(4)43-56(39-20-12-9-6-2)61-58(55-37-23-16-14-13-15-21-32-50-33-25-27-36-53(50)47-55)41-24-18-17-22-34-52(31-10-7-3)60(61)46-49-44-54-38-28-26-35-51-40-29-42-57(51)59(54)45-49;1-2/h6-47,51,59H,2,4-5H2,1,3H3;1-2H3/b10-7-,11-8-,12-9+,14-13?,15-13+,16-14-,18-17?,21-15?,23-16?,30-19-,32-21-,34-22?,35-26-,37-23-,38-28-,39-20-,41-24?,50-32?,52-31-,53-47?,55-37?,55-47+,56-43+,60-46?,61-58?;. The molecule has 0 aromatic heterocycles. The van der Waals surface area contributed by atoms with E-state index in [0.717, 1.165) is 61.4 Å². The third-order valence-electron chi connectivity index (χ3n) is 10.4. The van der Waals surface area contributed by atoms with Gasteiger partial charge in [0.05, 0.1) is 0 Å². The van der Waals surface area contributed by atoms with Gasteiger partial charge in [-0.3, -0.25) is 0 Å². The van der Waals surface area contributed by atoms with E-state index in [-0.39, 0.29) is 5.92 Å². The van der Waals surface area contributed by atoms with Gasteiger partial charge in [0.15, 0.2) is 0 Å². The van der Waals surface area contributed by atoms with Crippen LogP contribution in [0.15, 0.2) is 266 Å². The highest BCUT2D eigenvalue weighted by Crippen LogP contribution is 2.39. The van der Waals surface area contributed by atoms with E-state index in [9.17, 15) is 0 Å². The van der Waals surface area contributed by atoms with Gasteiger partial charge in [-0.25, -0.2) is 0 Å². The van der Waals surface area contributed by atoms with Gasteiger partial charge >= 0.3 is 0 Å². The molecule has 0 spiro atoms. The molecular weight excluding hydrogens is 757 g/mol. The number of benzene rings is 1. The number of rotatable bonds is 11. The molecule has 2 atom stereocenters. The molecule has 0 aliphatic heterocycles. The predicted octanol–water partition coefficient (Wildman–Crippen LogP) is 15.7. The van der Waals surface area contributed by atoms with E-state index in [0.29, 0.717) is 5.92 Å². The van der Waals surface area contributed by atoms with Crippen molar-refractivity contribution in [1.82, 2.24) is 0 Å². The van der Waals surface area contributed by atoms with Gasteiger partial charge in [-0.05, 0) is 97.7 Å². The van der Waals surface area contributed by atoms with Crippen molar-refractivity contribution in [3.63, 3.8) is 0 Å². The van der Waals surface area contributed by atoms with Crippen LogP contribution in [0.3, 0.4) is 0 Å². The Morgan fingerprint density at radius 3 is 2.19 bits per heavy atom. The third-order valence-corrected chi connectivity index (χ3v) is 10.4. The SMILES string of the molecule is C=C/C=C/C=C\C(=C/C(=C)/C=C\C=C/CC)c1c(C2=C\c3ccccc3\C=C/C=C/C=C\C=C/2)cccccc/c(=C/C=C\C)c1=CC1=CC2C(=C1)/C=C\C=C/C1C=CC=C12.CC. The molecule has 0 radical (unpaired) electrons. The molecule has 0 fully saturated rings. The van der Waals surface area contributed by atoms with Crippen LogP contribution in [0.4, 0.5) is 0 Å². The Kier molecular flexibility index (Phi) is 19.4. The topological polar surface area (TPSA) is 0 Å². The first-order valence-electron chi connectivity index (χ1n) is 22.3. The monoisotopic (exact) mass is 818 g/mol. The zero-order chi connectivity index (χ0) is 44.5. The number of fused-ring (bicyclic) bond motifs is 4. The summed E-state index contributed by atoms with van der Waals surface area (Å²) in [6.45, 7) is 16.7. The van der Waals surface area contributed by atoms with Crippen molar-refractivity contribution in [1.29, 1.82) is 0 Å². The van der Waals surface area contributed by atoms with Gasteiger partial charge in [-0.15, -0.1) is 0 Å². The van der Waals surface area contributed by atoms with Crippen molar-refractivity contribution in [2.24, 2.45) is 11.8 Å². The van der Waals surface area contributed by atoms with Crippen molar-refractivity contribution in [3.8, 4) is 0 Å². The van der Waals surface area contributed by atoms with E-state index in [4.69, 9.17) is 0 Å². The molecule has 0 bridgehead atoms. The summed E-state index contributed by atoms with van der Waals surface area (Å²) in [5.74, 6) is 0.474. The number of allylic oxidation sites excluding steroid dienone is 34. The quantitative estimate of drug-likeness (QED) is 0.198. The predicted molar refractivity (Wildman–Crippen MR) is 282 cm³/mol. The summed E-state index contributed by atoms with van der Waals surface area (Å²) in [5.41, 5.74) is 11.2. The zero-order valence-electron chi connectivity index (χ0n) is 37.5. The first kappa shape index (κ1) is 46.8. The second kappa shape index (κ2) is 26.1. The van der Waals surface area contributed by atoms with Gasteiger partial charge in [0.25, 0.3) is 0 Å². The minimum absolute atomic E-state index is 0.184. The first-order chi connectivity index (χ1) is 31.1. The number of hydrogen-bond donors (Lipinski definition) is 0. The van der Waals surface area contributed by atoms with Crippen molar-refractivity contribution in [3.05, 3.63) is 299 Å². The summed E-state index contributed by atoms with van der Waals surface area (Å²) in [7, 11) is 0. The summed E-state index contributed by atoms with van der Waals surface area (Å²) in [6.07, 6.45) is 70.1. The fourth-order valence-corrected chi connectivity index (χ4v) is 7.51. The average Bonchev–Trinajstić information content (AvgIpc) is 3.92. The van der Waals surface area contributed by atoms with Crippen LogP contribution in [0.5, 0.6) is 0 Å². The van der Waals surface area contributed by atoms with Crippen molar-refractivity contribution < 1.29 is 0 Å². The summed E-state index contributed by atoms with van der Waals surface area (Å²) in [4.78, 5) is 0. The van der Waals surface area contributed by atoms with Crippen LogP contribution in [0.1, 0.15) is 56.4 Å². The highest BCUT2D eigenvalue weighted by atomic mass is 14.3. The van der Waals surface area contributed by atoms with Gasteiger partial charge in [-0.2, -0.15) is 0 Å². The molecule has 314 valence electrons. The van der Waals surface area contributed by atoms with Gasteiger partial charge in [0.1, 0.15) is 0 Å². The molecule has 0 heteroatoms. The largest absolute Gasteiger partial charge is 0.0991 e. The van der Waals surface area contributed by atoms with Crippen LogP contribution in [-0.2, 0) is 0 Å². The van der Waals surface area contributed by atoms with Crippen molar-refractivity contribution in [2.45, 2.75) is 34.1 Å². The fraction of sp³-hybridized carbons (Fsp3) is 0.111. The second-order valence-electron chi connectivity index (χ2n) is 14.8. The van der Waals surface area contributed by atoms with E-state index in [1.54, 1.807) is 6.08 Å². The molecule has 6 rings (SSSR count). The molecule has 2 aromatic carbocycles.